The molecule has 0 amide bonds. The molecule has 0 bridgehead atoms. The van der Waals surface area contributed by atoms with E-state index < -0.39 is 0 Å². The summed E-state index contributed by atoms with van der Waals surface area (Å²) in [5.41, 5.74) is 6.64. The van der Waals surface area contributed by atoms with Gasteiger partial charge in [0, 0.05) is 6.54 Å². The number of benzene rings is 1. The molecule has 17 heavy (non-hydrogen) atoms. The number of hydrogen-bond donors (Lipinski definition) is 1. The monoisotopic (exact) mass is 299 g/mol. The second-order valence-electron chi connectivity index (χ2n) is 3.42. The van der Waals surface area contributed by atoms with Gasteiger partial charge in [0.15, 0.2) is 11.5 Å². The highest BCUT2D eigenvalue weighted by Gasteiger charge is 2.11. The first-order chi connectivity index (χ1) is 8.22. The Hall–Kier alpha value is -1.00. The summed E-state index contributed by atoms with van der Waals surface area (Å²) in [6.07, 6.45) is 3.89. The molecule has 1 aromatic carbocycles. The Morgan fingerprint density at radius 3 is 2.71 bits per heavy atom. The molecule has 0 aliphatic rings. The highest BCUT2D eigenvalue weighted by molar-refractivity contribution is 9.10. The van der Waals surface area contributed by atoms with Crippen LogP contribution >= 0.6 is 15.9 Å². The standard InChI is InChI=1S/C13H18BrNO2/c1-3-5-6-17-13-11(14)7-10(9-15)8-12(13)16-4-2/h3,5,7-8H,4,6,9,15H2,1-2H3/b5-3+. The molecule has 2 N–H and O–H groups in total. The van der Waals surface area contributed by atoms with Crippen molar-refractivity contribution < 1.29 is 9.47 Å². The van der Waals surface area contributed by atoms with Crippen molar-refractivity contribution in [3.05, 3.63) is 34.3 Å². The van der Waals surface area contributed by atoms with E-state index in [-0.39, 0.29) is 0 Å². The van der Waals surface area contributed by atoms with Crippen LogP contribution in [0.5, 0.6) is 11.5 Å². The molecule has 0 unspecified atom stereocenters. The molecule has 94 valence electrons. The molecule has 0 fully saturated rings. The minimum Gasteiger partial charge on any atom is -0.490 e. The summed E-state index contributed by atoms with van der Waals surface area (Å²) >= 11 is 3.48. The summed E-state index contributed by atoms with van der Waals surface area (Å²) in [7, 11) is 0. The van der Waals surface area contributed by atoms with Crippen LogP contribution in [0.2, 0.25) is 0 Å². The van der Waals surface area contributed by atoms with Crippen LogP contribution in [0.15, 0.2) is 28.8 Å². The SMILES string of the molecule is C/C=C/COc1c(Br)cc(CN)cc1OCC. The zero-order valence-corrected chi connectivity index (χ0v) is 11.8. The summed E-state index contributed by atoms with van der Waals surface area (Å²) in [5.74, 6) is 1.45. The molecular weight excluding hydrogens is 282 g/mol. The number of nitrogens with two attached hydrogens (primary N) is 1. The second kappa shape index (κ2) is 7.35. The van der Waals surface area contributed by atoms with Gasteiger partial charge in [-0.1, -0.05) is 12.2 Å². The lowest BCUT2D eigenvalue weighted by molar-refractivity contribution is 0.295. The van der Waals surface area contributed by atoms with Crippen LogP contribution in [-0.2, 0) is 6.54 Å². The molecule has 1 rings (SSSR count). The van der Waals surface area contributed by atoms with Crippen LogP contribution in [-0.4, -0.2) is 13.2 Å². The third-order valence-electron chi connectivity index (χ3n) is 2.16. The van der Waals surface area contributed by atoms with Crippen molar-refractivity contribution in [1.82, 2.24) is 0 Å². The Balaban J connectivity index is 2.98. The van der Waals surface area contributed by atoms with Gasteiger partial charge in [0.25, 0.3) is 0 Å². The minimum atomic E-state index is 0.480. The molecule has 0 atom stereocenters. The Morgan fingerprint density at radius 1 is 1.35 bits per heavy atom. The third-order valence-corrected chi connectivity index (χ3v) is 2.75. The van der Waals surface area contributed by atoms with Gasteiger partial charge < -0.3 is 15.2 Å². The topological polar surface area (TPSA) is 44.5 Å². The van der Waals surface area contributed by atoms with Gasteiger partial charge in [-0.25, -0.2) is 0 Å². The minimum absolute atomic E-state index is 0.480. The van der Waals surface area contributed by atoms with Crippen molar-refractivity contribution in [3.8, 4) is 11.5 Å². The third kappa shape index (κ3) is 4.06. The van der Waals surface area contributed by atoms with Gasteiger partial charge in [-0.15, -0.1) is 0 Å². The Kier molecular flexibility index (Phi) is 6.08. The molecule has 0 aromatic heterocycles. The largest absolute Gasteiger partial charge is 0.490 e. The van der Waals surface area contributed by atoms with Gasteiger partial charge >= 0.3 is 0 Å². The number of ether oxygens (including phenoxy) is 2. The van der Waals surface area contributed by atoms with E-state index in [0.717, 1.165) is 21.5 Å². The highest BCUT2D eigenvalue weighted by Crippen LogP contribution is 2.36. The lowest BCUT2D eigenvalue weighted by Crippen LogP contribution is -2.03. The van der Waals surface area contributed by atoms with Gasteiger partial charge in [0.1, 0.15) is 6.61 Å². The first-order valence-corrected chi connectivity index (χ1v) is 6.41. The van der Waals surface area contributed by atoms with E-state index >= 15 is 0 Å². The number of hydrogen-bond acceptors (Lipinski definition) is 3. The van der Waals surface area contributed by atoms with Crippen molar-refractivity contribution in [2.24, 2.45) is 5.73 Å². The first kappa shape index (κ1) is 14.1. The summed E-state index contributed by atoms with van der Waals surface area (Å²) in [4.78, 5) is 0. The quantitative estimate of drug-likeness (QED) is 0.820. The fraction of sp³-hybridized carbons (Fsp3) is 0.385. The van der Waals surface area contributed by atoms with Crippen molar-refractivity contribution in [2.45, 2.75) is 20.4 Å². The average molecular weight is 300 g/mol. The Labute approximate surface area is 111 Å². The van der Waals surface area contributed by atoms with Crippen molar-refractivity contribution in [3.63, 3.8) is 0 Å². The van der Waals surface area contributed by atoms with Crippen LogP contribution in [0.25, 0.3) is 0 Å². The van der Waals surface area contributed by atoms with Crippen molar-refractivity contribution >= 4 is 15.9 Å². The van der Waals surface area contributed by atoms with Gasteiger partial charge in [-0.3, -0.25) is 0 Å². The van der Waals surface area contributed by atoms with Gasteiger partial charge in [-0.05, 0) is 47.5 Å². The number of allylic oxidation sites excluding steroid dienone is 1. The maximum Gasteiger partial charge on any atom is 0.175 e. The van der Waals surface area contributed by atoms with Gasteiger partial charge in [0.2, 0.25) is 0 Å². The molecule has 4 heteroatoms. The summed E-state index contributed by atoms with van der Waals surface area (Å²) in [6.45, 7) is 5.50. The van der Waals surface area contributed by atoms with Gasteiger partial charge in [-0.2, -0.15) is 0 Å². The van der Waals surface area contributed by atoms with E-state index in [0.29, 0.717) is 19.8 Å². The fourth-order valence-corrected chi connectivity index (χ4v) is 1.97. The predicted octanol–water partition coefficient (Wildman–Crippen LogP) is 3.26. The van der Waals surface area contributed by atoms with Crippen LogP contribution in [0.4, 0.5) is 0 Å². The maximum absolute atomic E-state index is 5.66. The summed E-state index contributed by atoms with van der Waals surface area (Å²) < 4.78 is 12.1. The molecule has 0 spiro atoms. The van der Waals surface area contributed by atoms with E-state index in [1.807, 2.05) is 38.1 Å². The van der Waals surface area contributed by atoms with E-state index in [1.165, 1.54) is 0 Å². The number of rotatable bonds is 6. The zero-order chi connectivity index (χ0) is 12.7. The second-order valence-corrected chi connectivity index (χ2v) is 4.28. The highest BCUT2D eigenvalue weighted by atomic mass is 79.9. The van der Waals surface area contributed by atoms with E-state index in [2.05, 4.69) is 15.9 Å². The maximum atomic E-state index is 5.66. The lowest BCUT2D eigenvalue weighted by Gasteiger charge is -2.14. The molecule has 3 nitrogen and oxygen atoms in total. The molecule has 0 heterocycles. The molecule has 0 aliphatic carbocycles. The van der Waals surface area contributed by atoms with Crippen LogP contribution in [0, 0.1) is 0 Å². The van der Waals surface area contributed by atoms with Crippen molar-refractivity contribution in [1.29, 1.82) is 0 Å². The first-order valence-electron chi connectivity index (χ1n) is 5.62. The van der Waals surface area contributed by atoms with E-state index in [9.17, 15) is 0 Å². The summed E-state index contributed by atoms with van der Waals surface area (Å²) in [5, 5.41) is 0. The lowest BCUT2D eigenvalue weighted by atomic mass is 10.2. The number of halogens is 1. The molecule has 0 saturated heterocycles. The van der Waals surface area contributed by atoms with E-state index in [1.54, 1.807) is 0 Å². The van der Waals surface area contributed by atoms with Crippen molar-refractivity contribution in [2.75, 3.05) is 13.2 Å². The zero-order valence-electron chi connectivity index (χ0n) is 10.2. The van der Waals surface area contributed by atoms with E-state index in [4.69, 9.17) is 15.2 Å². The fourth-order valence-electron chi connectivity index (χ4n) is 1.37. The predicted molar refractivity (Wildman–Crippen MR) is 73.5 cm³/mol. The normalized spacial score (nSPS) is 10.8. The molecule has 0 aliphatic heterocycles. The molecule has 0 saturated carbocycles. The van der Waals surface area contributed by atoms with Crippen LogP contribution in [0.1, 0.15) is 19.4 Å². The Morgan fingerprint density at radius 2 is 2.12 bits per heavy atom. The molecular formula is C13H18BrNO2. The Bertz CT molecular complexity index is 391. The molecule has 0 radical (unpaired) electrons. The van der Waals surface area contributed by atoms with Crippen LogP contribution < -0.4 is 15.2 Å². The summed E-state index contributed by atoms with van der Waals surface area (Å²) in [6, 6.07) is 3.87. The van der Waals surface area contributed by atoms with Gasteiger partial charge in [0.05, 0.1) is 11.1 Å². The average Bonchev–Trinajstić information content (AvgIpc) is 2.32. The smallest absolute Gasteiger partial charge is 0.175 e. The van der Waals surface area contributed by atoms with Crippen LogP contribution in [0.3, 0.4) is 0 Å². The molecule has 1 aromatic rings.